The topological polar surface area (TPSA) is 76.0 Å². The molecule has 2 amide bonds. The Bertz CT molecular complexity index is 935. The van der Waals surface area contributed by atoms with Crippen LogP contribution in [0.15, 0.2) is 61.1 Å². The highest BCUT2D eigenvalue weighted by atomic mass is 35.5. The van der Waals surface area contributed by atoms with E-state index in [1.807, 2.05) is 28.8 Å². The Kier molecular flexibility index (Phi) is 5.34. The second-order valence-corrected chi connectivity index (χ2v) is 6.21. The molecule has 0 saturated heterocycles. The van der Waals surface area contributed by atoms with Gasteiger partial charge in [0, 0.05) is 36.1 Å². The summed E-state index contributed by atoms with van der Waals surface area (Å²) in [6.45, 7) is 2.03. The lowest BCUT2D eigenvalue weighted by atomic mass is 10.2. The third-order valence-corrected chi connectivity index (χ3v) is 3.82. The monoisotopic (exact) mass is 368 g/mol. The van der Waals surface area contributed by atoms with Gasteiger partial charge in [-0.25, -0.2) is 4.98 Å². The van der Waals surface area contributed by atoms with E-state index < -0.39 is 0 Å². The van der Waals surface area contributed by atoms with E-state index in [9.17, 15) is 9.59 Å². The Hall–Kier alpha value is -3.12. The summed E-state index contributed by atoms with van der Waals surface area (Å²) < 4.78 is 1.82. The lowest BCUT2D eigenvalue weighted by Gasteiger charge is -2.05. The molecule has 0 aliphatic heterocycles. The van der Waals surface area contributed by atoms with E-state index in [0.29, 0.717) is 22.9 Å². The SMILES string of the molecule is CC(=O)Nc1ccc(Cn2cnc(C(=O)Nc3cccc(Cl)c3)c2)cc1. The van der Waals surface area contributed by atoms with Crippen molar-refractivity contribution in [1.82, 2.24) is 9.55 Å². The first-order valence-electron chi connectivity index (χ1n) is 7.95. The van der Waals surface area contributed by atoms with Gasteiger partial charge in [0.2, 0.25) is 5.91 Å². The number of rotatable bonds is 5. The predicted molar refractivity (Wildman–Crippen MR) is 101 cm³/mol. The zero-order valence-corrected chi connectivity index (χ0v) is 14.8. The zero-order valence-electron chi connectivity index (χ0n) is 14.1. The molecular formula is C19H17ClN4O2. The van der Waals surface area contributed by atoms with Gasteiger partial charge in [-0.3, -0.25) is 9.59 Å². The van der Waals surface area contributed by atoms with Gasteiger partial charge in [0.1, 0.15) is 5.69 Å². The summed E-state index contributed by atoms with van der Waals surface area (Å²) in [5, 5.41) is 6.04. The van der Waals surface area contributed by atoms with Crippen LogP contribution in [0.2, 0.25) is 5.02 Å². The highest BCUT2D eigenvalue weighted by Crippen LogP contribution is 2.16. The fourth-order valence-electron chi connectivity index (χ4n) is 2.43. The minimum Gasteiger partial charge on any atom is -0.332 e. The van der Waals surface area contributed by atoms with Gasteiger partial charge in [-0.1, -0.05) is 29.8 Å². The standard InChI is InChI=1S/C19H17ClN4O2/c1-13(25)22-16-7-5-14(6-8-16)10-24-11-18(21-12-24)19(26)23-17-4-2-3-15(20)9-17/h2-9,11-12H,10H2,1H3,(H,22,25)(H,23,26). The maximum Gasteiger partial charge on any atom is 0.275 e. The first kappa shape index (κ1) is 17.7. The summed E-state index contributed by atoms with van der Waals surface area (Å²) in [4.78, 5) is 27.5. The molecular weight excluding hydrogens is 352 g/mol. The van der Waals surface area contributed by atoms with E-state index in [0.717, 1.165) is 11.3 Å². The van der Waals surface area contributed by atoms with Crippen molar-refractivity contribution in [3.05, 3.63) is 77.3 Å². The molecule has 0 aliphatic rings. The van der Waals surface area contributed by atoms with Crippen molar-refractivity contribution in [3.63, 3.8) is 0 Å². The molecule has 3 aromatic rings. The third-order valence-electron chi connectivity index (χ3n) is 3.59. The van der Waals surface area contributed by atoms with Gasteiger partial charge in [0.15, 0.2) is 0 Å². The number of carbonyl (C=O) groups is 2. The number of halogens is 1. The van der Waals surface area contributed by atoms with Crippen molar-refractivity contribution in [2.24, 2.45) is 0 Å². The number of imidazole rings is 1. The molecule has 1 heterocycles. The number of carbonyl (C=O) groups excluding carboxylic acids is 2. The minimum absolute atomic E-state index is 0.109. The Morgan fingerprint density at radius 1 is 1.08 bits per heavy atom. The van der Waals surface area contributed by atoms with Crippen LogP contribution in [0.1, 0.15) is 23.0 Å². The van der Waals surface area contributed by atoms with Crippen molar-refractivity contribution in [2.75, 3.05) is 10.6 Å². The predicted octanol–water partition coefficient (Wildman–Crippen LogP) is 3.80. The smallest absolute Gasteiger partial charge is 0.275 e. The highest BCUT2D eigenvalue weighted by molar-refractivity contribution is 6.30. The zero-order chi connectivity index (χ0) is 18.5. The lowest BCUT2D eigenvalue weighted by molar-refractivity contribution is -0.114. The molecule has 3 rings (SSSR count). The van der Waals surface area contributed by atoms with Crippen LogP contribution in [0.3, 0.4) is 0 Å². The average Bonchev–Trinajstić information content (AvgIpc) is 3.05. The summed E-state index contributed by atoms with van der Waals surface area (Å²) in [6.07, 6.45) is 3.29. The molecule has 0 radical (unpaired) electrons. The quantitative estimate of drug-likeness (QED) is 0.719. The normalized spacial score (nSPS) is 10.4. The summed E-state index contributed by atoms with van der Waals surface area (Å²) in [7, 11) is 0. The van der Waals surface area contributed by atoms with E-state index in [4.69, 9.17) is 11.6 Å². The van der Waals surface area contributed by atoms with Crippen LogP contribution in [0.25, 0.3) is 0 Å². The Balaban J connectivity index is 1.64. The average molecular weight is 369 g/mol. The molecule has 0 bridgehead atoms. The van der Waals surface area contributed by atoms with Crippen molar-refractivity contribution >= 4 is 34.8 Å². The summed E-state index contributed by atoms with van der Waals surface area (Å²) in [5.41, 5.74) is 2.71. The van der Waals surface area contributed by atoms with Crippen molar-refractivity contribution in [1.29, 1.82) is 0 Å². The molecule has 2 aromatic carbocycles. The van der Waals surface area contributed by atoms with Gasteiger partial charge in [-0.05, 0) is 35.9 Å². The fourth-order valence-corrected chi connectivity index (χ4v) is 2.62. The molecule has 0 fully saturated rings. The summed E-state index contributed by atoms with van der Waals surface area (Å²) in [6, 6.07) is 14.4. The van der Waals surface area contributed by atoms with E-state index >= 15 is 0 Å². The molecule has 1 aromatic heterocycles. The van der Waals surface area contributed by atoms with Gasteiger partial charge in [0.05, 0.1) is 6.33 Å². The van der Waals surface area contributed by atoms with Crippen LogP contribution in [0.5, 0.6) is 0 Å². The molecule has 0 aliphatic carbocycles. The van der Waals surface area contributed by atoms with Crippen LogP contribution in [-0.4, -0.2) is 21.4 Å². The molecule has 6 nitrogen and oxygen atoms in total. The van der Waals surface area contributed by atoms with Gasteiger partial charge in [0.25, 0.3) is 5.91 Å². The largest absolute Gasteiger partial charge is 0.332 e. The second-order valence-electron chi connectivity index (χ2n) is 5.77. The van der Waals surface area contributed by atoms with Gasteiger partial charge in [-0.15, -0.1) is 0 Å². The first-order valence-corrected chi connectivity index (χ1v) is 8.32. The van der Waals surface area contributed by atoms with Crippen molar-refractivity contribution in [3.8, 4) is 0 Å². The highest BCUT2D eigenvalue weighted by Gasteiger charge is 2.10. The second kappa shape index (κ2) is 7.84. The maximum atomic E-state index is 12.3. The van der Waals surface area contributed by atoms with Crippen molar-refractivity contribution < 1.29 is 9.59 Å². The number of hydrogen-bond acceptors (Lipinski definition) is 3. The third kappa shape index (κ3) is 4.70. The van der Waals surface area contributed by atoms with E-state index in [1.165, 1.54) is 6.92 Å². The van der Waals surface area contributed by atoms with Crippen LogP contribution in [0, 0.1) is 0 Å². The number of aromatic nitrogens is 2. The summed E-state index contributed by atoms with van der Waals surface area (Å²) >= 11 is 5.91. The van der Waals surface area contributed by atoms with E-state index in [1.54, 1.807) is 36.8 Å². The molecule has 0 saturated carbocycles. The fraction of sp³-hybridized carbons (Fsp3) is 0.105. The molecule has 0 atom stereocenters. The van der Waals surface area contributed by atoms with Crippen LogP contribution >= 0.6 is 11.6 Å². The molecule has 0 unspecified atom stereocenters. The molecule has 7 heteroatoms. The van der Waals surface area contributed by atoms with Gasteiger partial charge in [-0.2, -0.15) is 0 Å². The Morgan fingerprint density at radius 2 is 1.85 bits per heavy atom. The molecule has 132 valence electrons. The molecule has 0 spiro atoms. The van der Waals surface area contributed by atoms with Crippen LogP contribution < -0.4 is 10.6 Å². The van der Waals surface area contributed by atoms with Crippen LogP contribution in [-0.2, 0) is 11.3 Å². The number of nitrogens with zero attached hydrogens (tertiary/aromatic N) is 2. The number of nitrogens with one attached hydrogen (secondary N) is 2. The Morgan fingerprint density at radius 3 is 2.54 bits per heavy atom. The van der Waals surface area contributed by atoms with Crippen LogP contribution in [0.4, 0.5) is 11.4 Å². The number of amides is 2. The van der Waals surface area contributed by atoms with Gasteiger partial charge >= 0.3 is 0 Å². The minimum atomic E-state index is -0.299. The number of anilines is 2. The molecule has 26 heavy (non-hydrogen) atoms. The lowest BCUT2D eigenvalue weighted by Crippen LogP contribution is -2.12. The first-order chi connectivity index (χ1) is 12.5. The number of benzene rings is 2. The summed E-state index contributed by atoms with van der Waals surface area (Å²) in [5.74, 6) is -0.408. The molecule has 2 N–H and O–H groups in total. The van der Waals surface area contributed by atoms with Crippen molar-refractivity contribution in [2.45, 2.75) is 13.5 Å². The van der Waals surface area contributed by atoms with E-state index in [-0.39, 0.29) is 11.8 Å². The van der Waals surface area contributed by atoms with Gasteiger partial charge < -0.3 is 15.2 Å². The maximum absolute atomic E-state index is 12.3. The Labute approximate surface area is 155 Å². The number of hydrogen-bond donors (Lipinski definition) is 2. The van der Waals surface area contributed by atoms with E-state index in [2.05, 4.69) is 15.6 Å².